The fourth-order valence-electron chi connectivity index (χ4n) is 1.62. The highest BCUT2D eigenvalue weighted by Crippen LogP contribution is 2.19. The number of hydrogen-bond acceptors (Lipinski definition) is 4. The van der Waals surface area contributed by atoms with Gasteiger partial charge in [0.2, 0.25) is 0 Å². The summed E-state index contributed by atoms with van der Waals surface area (Å²) in [7, 11) is -3.84. The van der Waals surface area contributed by atoms with Crippen molar-refractivity contribution in [3.63, 3.8) is 0 Å². The van der Waals surface area contributed by atoms with Crippen molar-refractivity contribution in [3.8, 4) is 0 Å². The molecule has 0 bridgehead atoms. The predicted octanol–water partition coefficient (Wildman–Crippen LogP) is 3.32. The zero-order chi connectivity index (χ0) is 16.3. The Labute approximate surface area is 124 Å². The molecule has 0 amide bonds. The standard InChI is InChI=1S/C14H9F2NO4S/c15-13-6-1-10(9-14(13)16)7-8-22(20,21)12-4-2-11(3-5-12)17(18)19/h1-9H/b8-7+. The van der Waals surface area contributed by atoms with Crippen LogP contribution in [0.2, 0.25) is 0 Å². The average molecular weight is 325 g/mol. The van der Waals surface area contributed by atoms with E-state index in [9.17, 15) is 27.3 Å². The number of benzene rings is 2. The van der Waals surface area contributed by atoms with E-state index in [0.29, 0.717) is 0 Å². The fourth-order valence-corrected chi connectivity index (χ4v) is 2.63. The van der Waals surface area contributed by atoms with Gasteiger partial charge in [0.05, 0.1) is 9.82 Å². The average Bonchev–Trinajstić information content (AvgIpc) is 2.48. The molecule has 0 saturated heterocycles. The van der Waals surface area contributed by atoms with Gasteiger partial charge in [0.1, 0.15) is 0 Å². The molecule has 2 rings (SSSR count). The SMILES string of the molecule is O=[N+]([O-])c1ccc(S(=O)(=O)/C=C/c2ccc(F)c(F)c2)cc1. The number of hydrogen-bond donors (Lipinski definition) is 0. The summed E-state index contributed by atoms with van der Waals surface area (Å²) < 4.78 is 49.8. The molecule has 114 valence electrons. The molecule has 0 unspecified atom stereocenters. The molecule has 2 aromatic carbocycles. The second-order valence-electron chi connectivity index (χ2n) is 4.27. The predicted molar refractivity (Wildman–Crippen MR) is 75.7 cm³/mol. The van der Waals surface area contributed by atoms with Crippen LogP contribution in [0.15, 0.2) is 52.8 Å². The first kappa shape index (κ1) is 15.8. The van der Waals surface area contributed by atoms with Gasteiger partial charge in [-0.2, -0.15) is 0 Å². The van der Waals surface area contributed by atoms with Gasteiger partial charge in [-0.3, -0.25) is 10.1 Å². The number of nitro benzene ring substituents is 1. The van der Waals surface area contributed by atoms with Gasteiger partial charge in [-0.15, -0.1) is 0 Å². The highest BCUT2D eigenvalue weighted by atomic mass is 32.2. The van der Waals surface area contributed by atoms with E-state index < -0.39 is 26.4 Å². The van der Waals surface area contributed by atoms with Crippen molar-refractivity contribution in [1.82, 2.24) is 0 Å². The second kappa shape index (κ2) is 6.02. The van der Waals surface area contributed by atoms with Crippen molar-refractivity contribution in [2.45, 2.75) is 4.90 Å². The van der Waals surface area contributed by atoms with Crippen LogP contribution >= 0.6 is 0 Å². The molecule has 0 spiro atoms. The maximum atomic E-state index is 13.0. The van der Waals surface area contributed by atoms with Crippen LogP contribution in [0.5, 0.6) is 0 Å². The zero-order valence-electron chi connectivity index (χ0n) is 10.9. The Kier molecular flexibility index (Phi) is 4.32. The molecule has 8 heteroatoms. The minimum atomic E-state index is -3.84. The van der Waals surface area contributed by atoms with Gasteiger partial charge >= 0.3 is 0 Å². The molecule has 0 radical (unpaired) electrons. The molecule has 2 aromatic rings. The van der Waals surface area contributed by atoms with Gasteiger partial charge in [0.15, 0.2) is 21.5 Å². The number of halogens is 2. The lowest BCUT2D eigenvalue weighted by atomic mass is 10.2. The highest BCUT2D eigenvalue weighted by molar-refractivity contribution is 7.94. The zero-order valence-corrected chi connectivity index (χ0v) is 11.8. The van der Waals surface area contributed by atoms with Crippen LogP contribution in [-0.2, 0) is 9.84 Å². The maximum Gasteiger partial charge on any atom is 0.269 e. The molecule has 22 heavy (non-hydrogen) atoms. The molecule has 0 aliphatic rings. The largest absolute Gasteiger partial charge is 0.269 e. The quantitative estimate of drug-likeness (QED) is 0.638. The van der Waals surface area contributed by atoms with Gasteiger partial charge in [-0.25, -0.2) is 17.2 Å². The molecule has 0 heterocycles. The van der Waals surface area contributed by atoms with Gasteiger partial charge in [0.25, 0.3) is 5.69 Å². The third kappa shape index (κ3) is 3.53. The maximum absolute atomic E-state index is 13.0. The van der Waals surface area contributed by atoms with E-state index in [-0.39, 0.29) is 16.1 Å². The van der Waals surface area contributed by atoms with Crippen LogP contribution in [0.1, 0.15) is 5.56 Å². The Bertz CT molecular complexity index is 846. The number of rotatable bonds is 4. The first-order valence-electron chi connectivity index (χ1n) is 5.92. The van der Waals surface area contributed by atoms with E-state index in [1.807, 2.05) is 0 Å². The third-order valence-corrected chi connectivity index (χ3v) is 4.18. The Hall–Kier alpha value is -2.61. The van der Waals surface area contributed by atoms with Crippen LogP contribution in [-0.4, -0.2) is 13.3 Å². The van der Waals surface area contributed by atoms with Crippen LogP contribution < -0.4 is 0 Å². The minimum absolute atomic E-state index is 0.142. The summed E-state index contributed by atoms with van der Waals surface area (Å²) in [6.45, 7) is 0. The molecule has 0 N–H and O–H groups in total. The monoisotopic (exact) mass is 325 g/mol. The van der Waals surface area contributed by atoms with Gasteiger partial charge in [0, 0.05) is 17.5 Å². The topological polar surface area (TPSA) is 77.3 Å². The van der Waals surface area contributed by atoms with E-state index in [0.717, 1.165) is 47.9 Å². The second-order valence-corrected chi connectivity index (χ2v) is 6.11. The smallest absolute Gasteiger partial charge is 0.258 e. The molecule has 0 fully saturated rings. The summed E-state index contributed by atoms with van der Waals surface area (Å²) in [6, 6.07) is 7.30. The molecular weight excluding hydrogens is 316 g/mol. The Morgan fingerprint density at radius 3 is 2.18 bits per heavy atom. The summed E-state index contributed by atoms with van der Waals surface area (Å²) in [5.41, 5.74) is -0.0621. The first-order chi connectivity index (χ1) is 10.3. The Morgan fingerprint density at radius 1 is 1.00 bits per heavy atom. The van der Waals surface area contributed by atoms with E-state index in [4.69, 9.17) is 0 Å². The van der Waals surface area contributed by atoms with Crippen molar-refractivity contribution in [2.75, 3.05) is 0 Å². The van der Waals surface area contributed by atoms with Gasteiger partial charge in [-0.1, -0.05) is 6.07 Å². The van der Waals surface area contributed by atoms with Crippen molar-refractivity contribution >= 4 is 21.6 Å². The number of non-ortho nitro benzene ring substituents is 1. The summed E-state index contributed by atoms with van der Waals surface area (Å²) in [4.78, 5) is 9.72. The number of nitrogens with zero attached hydrogens (tertiary/aromatic N) is 1. The molecule has 0 saturated carbocycles. The van der Waals surface area contributed by atoms with E-state index in [2.05, 4.69) is 0 Å². The summed E-state index contributed by atoms with van der Waals surface area (Å²) in [5.74, 6) is -2.12. The Morgan fingerprint density at radius 2 is 1.64 bits per heavy atom. The van der Waals surface area contributed by atoms with Crippen LogP contribution in [0.3, 0.4) is 0 Å². The molecule has 0 atom stereocenters. The Balaban J connectivity index is 2.28. The van der Waals surface area contributed by atoms with E-state index in [1.165, 1.54) is 6.07 Å². The molecule has 0 aromatic heterocycles. The first-order valence-corrected chi connectivity index (χ1v) is 7.47. The van der Waals surface area contributed by atoms with Gasteiger partial charge in [-0.05, 0) is 35.9 Å². The van der Waals surface area contributed by atoms with Crippen molar-refractivity contribution in [1.29, 1.82) is 0 Å². The van der Waals surface area contributed by atoms with Crippen molar-refractivity contribution in [3.05, 3.63) is 75.2 Å². The van der Waals surface area contributed by atoms with E-state index >= 15 is 0 Å². The van der Waals surface area contributed by atoms with Crippen LogP contribution in [0.25, 0.3) is 6.08 Å². The molecular formula is C14H9F2NO4S. The fraction of sp³-hybridized carbons (Fsp3) is 0. The van der Waals surface area contributed by atoms with E-state index in [1.54, 1.807) is 0 Å². The van der Waals surface area contributed by atoms with Crippen molar-refractivity contribution in [2.24, 2.45) is 0 Å². The lowest BCUT2D eigenvalue weighted by Gasteiger charge is -1.99. The normalized spacial score (nSPS) is 11.7. The summed E-state index contributed by atoms with van der Waals surface area (Å²) in [6.07, 6.45) is 1.11. The van der Waals surface area contributed by atoms with Gasteiger partial charge < -0.3 is 0 Å². The van der Waals surface area contributed by atoms with Crippen LogP contribution in [0.4, 0.5) is 14.5 Å². The minimum Gasteiger partial charge on any atom is -0.258 e. The lowest BCUT2D eigenvalue weighted by molar-refractivity contribution is -0.384. The molecule has 0 aliphatic heterocycles. The summed E-state index contributed by atoms with van der Waals surface area (Å²) >= 11 is 0. The summed E-state index contributed by atoms with van der Waals surface area (Å²) in [5, 5.41) is 11.3. The number of sulfone groups is 1. The molecule has 0 aliphatic carbocycles. The lowest BCUT2D eigenvalue weighted by Crippen LogP contribution is -1.97. The number of nitro groups is 1. The highest BCUT2D eigenvalue weighted by Gasteiger charge is 2.13. The molecule has 5 nitrogen and oxygen atoms in total. The third-order valence-electron chi connectivity index (χ3n) is 2.76. The van der Waals surface area contributed by atoms with Crippen molar-refractivity contribution < 1.29 is 22.1 Å². The van der Waals surface area contributed by atoms with Crippen LogP contribution in [0, 0.1) is 21.7 Å².